The Morgan fingerprint density at radius 1 is 1.22 bits per heavy atom. The van der Waals surface area contributed by atoms with Gasteiger partial charge in [-0.15, -0.1) is 0 Å². The number of esters is 1. The van der Waals surface area contributed by atoms with E-state index in [1.54, 1.807) is 36.5 Å². The Balaban J connectivity index is 1.94. The molecule has 1 aromatic heterocycles. The standard InChI is InChI=1S/C21H27N3O3/c1-3-27-21(26)11-15-24(14-4-13-23-16-12-22-17-23)20(25)10-9-19-7-5-18(2)6-8-19/h5-10,12,16-17H,3-4,11,13-15H2,1-2H3/b10-9+. The van der Waals surface area contributed by atoms with Gasteiger partial charge in [0.05, 0.1) is 19.4 Å². The predicted octanol–water partition coefficient (Wildman–Crippen LogP) is 3.08. The fourth-order valence-electron chi connectivity index (χ4n) is 2.61. The van der Waals surface area contributed by atoms with Gasteiger partial charge in [0.15, 0.2) is 0 Å². The summed E-state index contributed by atoms with van der Waals surface area (Å²) in [5.41, 5.74) is 2.15. The molecule has 1 heterocycles. The van der Waals surface area contributed by atoms with E-state index in [2.05, 4.69) is 4.98 Å². The zero-order valence-corrected chi connectivity index (χ0v) is 16.0. The second-order valence-electron chi connectivity index (χ2n) is 6.28. The van der Waals surface area contributed by atoms with Crippen LogP contribution >= 0.6 is 0 Å². The van der Waals surface area contributed by atoms with Crippen LogP contribution in [0.4, 0.5) is 0 Å². The summed E-state index contributed by atoms with van der Waals surface area (Å²) in [7, 11) is 0. The number of amides is 1. The molecule has 0 N–H and O–H groups in total. The van der Waals surface area contributed by atoms with Crippen LogP contribution in [0.3, 0.4) is 0 Å². The lowest BCUT2D eigenvalue weighted by atomic mass is 10.1. The Bertz CT molecular complexity index is 737. The molecule has 0 saturated carbocycles. The summed E-state index contributed by atoms with van der Waals surface area (Å²) in [6.45, 7) is 5.83. The zero-order valence-electron chi connectivity index (χ0n) is 16.0. The molecule has 144 valence electrons. The Morgan fingerprint density at radius 3 is 2.67 bits per heavy atom. The van der Waals surface area contributed by atoms with Gasteiger partial charge in [-0.05, 0) is 31.9 Å². The van der Waals surface area contributed by atoms with E-state index in [1.165, 1.54) is 5.56 Å². The van der Waals surface area contributed by atoms with Crippen molar-refractivity contribution < 1.29 is 14.3 Å². The van der Waals surface area contributed by atoms with Gasteiger partial charge >= 0.3 is 5.97 Å². The Kier molecular flexibility index (Phi) is 8.29. The number of rotatable bonds is 10. The lowest BCUT2D eigenvalue weighted by Gasteiger charge is -2.21. The molecular weight excluding hydrogens is 342 g/mol. The number of carbonyl (C=O) groups is 2. The first-order valence-electron chi connectivity index (χ1n) is 9.23. The molecule has 0 aliphatic heterocycles. The maximum absolute atomic E-state index is 12.6. The van der Waals surface area contributed by atoms with Gasteiger partial charge in [-0.1, -0.05) is 29.8 Å². The minimum Gasteiger partial charge on any atom is -0.466 e. The highest BCUT2D eigenvalue weighted by molar-refractivity contribution is 5.92. The normalized spacial score (nSPS) is 10.9. The van der Waals surface area contributed by atoms with Gasteiger partial charge in [0.1, 0.15) is 0 Å². The number of ether oxygens (including phenoxy) is 1. The van der Waals surface area contributed by atoms with E-state index in [0.717, 1.165) is 18.5 Å². The van der Waals surface area contributed by atoms with Crippen molar-refractivity contribution in [3.05, 3.63) is 60.2 Å². The summed E-state index contributed by atoms with van der Waals surface area (Å²) >= 11 is 0. The molecule has 6 heteroatoms. The maximum Gasteiger partial charge on any atom is 0.307 e. The fraction of sp³-hybridized carbons (Fsp3) is 0.381. The predicted molar refractivity (Wildman–Crippen MR) is 105 cm³/mol. The number of carbonyl (C=O) groups excluding carboxylic acids is 2. The third kappa shape index (κ3) is 7.48. The molecule has 0 atom stereocenters. The fourth-order valence-corrected chi connectivity index (χ4v) is 2.61. The van der Waals surface area contributed by atoms with E-state index >= 15 is 0 Å². The smallest absolute Gasteiger partial charge is 0.307 e. The second-order valence-corrected chi connectivity index (χ2v) is 6.28. The van der Waals surface area contributed by atoms with Gasteiger partial charge in [0.25, 0.3) is 0 Å². The van der Waals surface area contributed by atoms with Crippen LogP contribution in [0, 0.1) is 6.92 Å². The molecule has 2 aromatic rings. The summed E-state index contributed by atoms with van der Waals surface area (Å²) in [4.78, 5) is 30.0. The average molecular weight is 369 g/mol. The summed E-state index contributed by atoms with van der Waals surface area (Å²) in [6, 6.07) is 7.96. The summed E-state index contributed by atoms with van der Waals surface area (Å²) in [5.74, 6) is -0.391. The molecule has 0 unspecified atom stereocenters. The van der Waals surface area contributed by atoms with Crippen molar-refractivity contribution in [2.75, 3.05) is 19.7 Å². The van der Waals surface area contributed by atoms with Gasteiger partial charge in [-0.25, -0.2) is 4.98 Å². The first kappa shape index (κ1) is 20.4. The third-order valence-electron chi connectivity index (χ3n) is 4.10. The van der Waals surface area contributed by atoms with Crippen LogP contribution in [0.1, 0.15) is 30.9 Å². The van der Waals surface area contributed by atoms with Crippen molar-refractivity contribution in [2.24, 2.45) is 0 Å². The zero-order chi connectivity index (χ0) is 19.5. The molecule has 0 fully saturated rings. The van der Waals surface area contributed by atoms with Crippen LogP contribution < -0.4 is 0 Å². The third-order valence-corrected chi connectivity index (χ3v) is 4.10. The monoisotopic (exact) mass is 369 g/mol. The number of hydrogen-bond donors (Lipinski definition) is 0. The highest BCUT2D eigenvalue weighted by atomic mass is 16.5. The lowest BCUT2D eigenvalue weighted by molar-refractivity contribution is -0.143. The Labute approximate surface area is 160 Å². The van der Waals surface area contributed by atoms with Gasteiger partial charge in [-0.3, -0.25) is 9.59 Å². The van der Waals surface area contributed by atoms with Crippen LogP contribution in [-0.2, 0) is 20.9 Å². The van der Waals surface area contributed by atoms with Gasteiger partial charge in [0, 0.05) is 38.1 Å². The largest absolute Gasteiger partial charge is 0.466 e. The van der Waals surface area contributed by atoms with Crippen molar-refractivity contribution in [3.8, 4) is 0 Å². The molecule has 0 aliphatic carbocycles. The van der Waals surface area contributed by atoms with E-state index in [1.807, 2.05) is 42.0 Å². The minimum atomic E-state index is -0.285. The second kappa shape index (κ2) is 11.0. The summed E-state index contributed by atoms with van der Waals surface area (Å²) in [6.07, 6.45) is 9.71. The van der Waals surface area contributed by atoms with Crippen LogP contribution in [0.15, 0.2) is 49.1 Å². The average Bonchev–Trinajstić information content (AvgIpc) is 3.17. The summed E-state index contributed by atoms with van der Waals surface area (Å²) < 4.78 is 6.94. The number of aryl methyl sites for hydroxylation is 2. The molecule has 0 radical (unpaired) electrons. The number of nitrogens with zero attached hydrogens (tertiary/aromatic N) is 3. The lowest BCUT2D eigenvalue weighted by Crippen LogP contribution is -2.33. The quantitative estimate of drug-likeness (QED) is 0.477. The van der Waals surface area contributed by atoms with E-state index in [9.17, 15) is 9.59 Å². The van der Waals surface area contributed by atoms with Crippen molar-refractivity contribution in [2.45, 2.75) is 33.2 Å². The molecule has 0 saturated heterocycles. The van der Waals surface area contributed by atoms with Gasteiger partial charge in [-0.2, -0.15) is 0 Å². The maximum atomic E-state index is 12.6. The van der Waals surface area contributed by atoms with E-state index in [-0.39, 0.29) is 18.3 Å². The molecule has 0 bridgehead atoms. The van der Waals surface area contributed by atoms with E-state index < -0.39 is 0 Å². The first-order chi connectivity index (χ1) is 13.1. The molecule has 0 aliphatic rings. The SMILES string of the molecule is CCOC(=O)CCN(CCCn1ccnc1)C(=O)/C=C/c1ccc(C)cc1. The Hall–Kier alpha value is -2.89. The number of benzene rings is 1. The highest BCUT2D eigenvalue weighted by Gasteiger charge is 2.13. The molecule has 1 amide bonds. The van der Waals surface area contributed by atoms with Crippen LogP contribution in [0.2, 0.25) is 0 Å². The highest BCUT2D eigenvalue weighted by Crippen LogP contribution is 2.07. The first-order valence-corrected chi connectivity index (χ1v) is 9.23. The number of hydrogen-bond acceptors (Lipinski definition) is 4. The molecule has 27 heavy (non-hydrogen) atoms. The minimum absolute atomic E-state index is 0.106. The molecule has 1 aromatic carbocycles. The molecular formula is C21H27N3O3. The topological polar surface area (TPSA) is 64.4 Å². The van der Waals surface area contributed by atoms with Crippen molar-refractivity contribution >= 4 is 18.0 Å². The Morgan fingerprint density at radius 2 is 2.00 bits per heavy atom. The molecule has 2 rings (SSSR count). The molecule has 6 nitrogen and oxygen atoms in total. The number of aromatic nitrogens is 2. The number of imidazole rings is 1. The van der Waals surface area contributed by atoms with E-state index in [0.29, 0.717) is 19.7 Å². The van der Waals surface area contributed by atoms with Gasteiger partial charge < -0.3 is 14.2 Å². The van der Waals surface area contributed by atoms with Crippen LogP contribution in [0.5, 0.6) is 0 Å². The van der Waals surface area contributed by atoms with Crippen LogP contribution in [0.25, 0.3) is 6.08 Å². The van der Waals surface area contributed by atoms with Crippen molar-refractivity contribution in [1.82, 2.24) is 14.5 Å². The summed E-state index contributed by atoms with van der Waals surface area (Å²) in [5, 5.41) is 0. The van der Waals surface area contributed by atoms with Crippen molar-refractivity contribution in [1.29, 1.82) is 0 Å². The van der Waals surface area contributed by atoms with E-state index in [4.69, 9.17) is 4.74 Å². The van der Waals surface area contributed by atoms with Crippen LogP contribution in [-0.4, -0.2) is 46.0 Å². The molecule has 0 spiro atoms. The van der Waals surface area contributed by atoms with Crippen molar-refractivity contribution in [3.63, 3.8) is 0 Å². The van der Waals surface area contributed by atoms with Gasteiger partial charge in [0.2, 0.25) is 5.91 Å².